The molecule has 0 aromatic heterocycles. The first-order valence-corrected chi connectivity index (χ1v) is 2.12. The van der Waals surface area contributed by atoms with E-state index in [1.165, 1.54) is 0 Å². The van der Waals surface area contributed by atoms with Crippen LogP contribution < -0.4 is 0 Å². The van der Waals surface area contributed by atoms with Crippen molar-refractivity contribution in [2.24, 2.45) is 0 Å². The second-order valence-electron chi connectivity index (χ2n) is 1.69. The highest BCUT2D eigenvalue weighted by Gasteiger charge is 2.31. The van der Waals surface area contributed by atoms with E-state index in [1.807, 2.05) is 0 Å². The zero-order valence-electron chi connectivity index (χ0n) is 4.79. The van der Waals surface area contributed by atoms with Crippen LogP contribution in [0.2, 0.25) is 0 Å². The molecule has 0 amide bonds. The van der Waals surface area contributed by atoms with Crippen molar-refractivity contribution in [2.45, 2.75) is 6.05 Å². The molecule has 0 spiro atoms. The van der Waals surface area contributed by atoms with Gasteiger partial charge in [0.2, 0.25) is 0 Å². The summed E-state index contributed by atoms with van der Waals surface area (Å²) < 4.78 is 34.9. The van der Waals surface area contributed by atoms with Crippen molar-refractivity contribution in [2.75, 3.05) is 20.8 Å². The van der Waals surface area contributed by atoms with Gasteiger partial charge >= 0.3 is 6.05 Å². The summed E-state index contributed by atoms with van der Waals surface area (Å²) in [6, 6.07) is -3.29. The van der Waals surface area contributed by atoms with E-state index in [9.17, 15) is 13.2 Å². The number of hydrogen-bond donors (Lipinski definition) is 0. The Hall–Kier alpha value is -0.250. The van der Waals surface area contributed by atoms with Gasteiger partial charge in [0.15, 0.2) is 6.67 Å². The predicted molar refractivity (Wildman–Crippen MR) is 24.6 cm³/mol. The van der Waals surface area contributed by atoms with Gasteiger partial charge in [0.1, 0.15) is 0 Å². The topological polar surface area (TPSA) is 3.24 Å². The average molecular weight is 127 g/mol. The van der Waals surface area contributed by atoms with Crippen molar-refractivity contribution >= 4 is 0 Å². The molecule has 0 rings (SSSR count). The number of halogens is 3. The first-order chi connectivity index (χ1) is 3.50. The third-order valence-electron chi connectivity index (χ3n) is 0.815. The van der Waals surface area contributed by atoms with Crippen LogP contribution in [-0.2, 0) is 0 Å². The lowest BCUT2D eigenvalue weighted by Gasteiger charge is -2.19. The SMILES string of the molecule is CN(C)C(F)(F)CF. The smallest absolute Gasteiger partial charge is 0.248 e. The van der Waals surface area contributed by atoms with Crippen LogP contribution in [0.5, 0.6) is 0 Å². The zero-order chi connectivity index (χ0) is 6.78. The summed E-state index contributed by atoms with van der Waals surface area (Å²) >= 11 is 0. The molecule has 0 fully saturated rings. The minimum atomic E-state index is -3.29. The van der Waals surface area contributed by atoms with Gasteiger partial charge in [0, 0.05) is 0 Å². The van der Waals surface area contributed by atoms with Gasteiger partial charge in [0.25, 0.3) is 0 Å². The van der Waals surface area contributed by atoms with E-state index in [-0.39, 0.29) is 0 Å². The number of alkyl halides is 3. The molecular weight excluding hydrogens is 119 g/mol. The quantitative estimate of drug-likeness (QED) is 0.502. The molecule has 0 aliphatic heterocycles. The Morgan fingerprint density at radius 2 is 1.75 bits per heavy atom. The first kappa shape index (κ1) is 7.75. The maximum Gasteiger partial charge on any atom is 0.332 e. The van der Waals surface area contributed by atoms with Crippen molar-refractivity contribution in [3.8, 4) is 0 Å². The summed E-state index contributed by atoms with van der Waals surface area (Å²) in [7, 11) is 2.25. The molecular formula is C4H8F3N. The Kier molecular flexibility index (Phi) is 2.27. The lowest BCUT2D eigenvalue weighted by atomic mass is 10.6. The number of hydrogen-bond acceptors (Lipinski definition) is 1. The van der Waals surface area contributed by atoms with Gasteiger partial charge in [-0.1, -0.05) is 0 Å². The minimum absolute atomic E-state index is 0.535. The highest BCUT2D eigenvalue weighted by atomic mass is 19.3. The predicted octanol–water partition coefficient (Wildman–Crippen LogP) is 1.11. The molecule has 0 aromatic rings. The van der Waals surface area contributed by atoms with Crippen LogP contribution in [0.3, 0.4) is 0 Å². The van der Waals surface area contributed by atoms with Gasteiger partial charge in [0.05, 0.1) is 0 Å². The summed E-state index contributed by atoms with van der Waals surface area (Å²) in [6.07, 6.45) is 0. The Balaban J connectivity index is 3.71. The second-order valence-corrected chi connectivity index (χ2v) is 1.69. The van der Waals surface area contributed by atoms with E-state index in [2.05, 4.69) is 0 Å². The molecule has 0 saturated carbocycles. The fourth-order valence-corrected chi connectivity index (χ4v) is 0.120. The first-order valence-electron chi connectivity index (χ1n) is 2.12. The molecule has 0 aliphatic carbocycles. The monoisotopic (exact) mass is 127 g/mol. The van der Waals surface area contributed by atoms with Gasteiger partial charge in [-0.3, -0.25) is 0 Å². The highest BCUT2D eigenvalue weighted by Crippen LogP contribution is 2.15. The highest BCUT2D eigenvalue weighted by molar-refractivity contribution is 4.58. The number of nitrogens with zero attached hydrogens (tertiary/aromatic N) is 1. The van der Waals surface area contributed by atoms with Crippen molar-refractivity contribution in [1.82, 2.24) is 4.90 Å². The molecule has 0 heterocycles. The third-order valence-corrected chi connectivity index (χ3v) is 0.815. The molecule has 1 nitrogen and oxygen atoms in total. The van der Waals surface area contributed by atoms with E-state index in [1.54, 1.807) is 0 Å². The lowest BCUT2D eigenvalue weighted by molar-refractivity contribution is -0.135. The largest absolute Gasteiger partial charge is 0.332 e. The van der Waals surface area contributed by atoms with Gasteiger partial charge in [-0.15, -0.1) is 0 Å². The molecule has 50 valence electrons. The molecule has 0 aliphatic rings. The summed E-state index contributed by atoms with van der Waals surface area (Å²) in [5.74, 6) is 0. The summed E-state index contributed by atoms with van der Waals surface area (Å²) in [5.41, 5.74) is 0. The van der Waals surface area contributed by atoms with Crippen LogP contribution in [0, 0.1) is 0 Å². The van der Waals surface area contributed by atoms with Gasteiger partial charge in [-0.05, 0) is 14.1 Å². The Labute approximate surface area is 46.1 Å². The second kappa shape index (κ2) is 2.35. The van der Waals surface area contributed by atoms with Crippen LogP contribution in [0.1, 0.15) is 0 Å². The number of rotatable bonds is 2. The van der Waals surface area contributed by atoms with Gasteiger partial charge in [-0.2, -0.15) is 8.78 Å². The van der Waals surface area contributed by atoms with E-state index in [0.29, 0.717) is 4.90 Å². The average Bonchev–Trinajstić information content (AvgIpc) is 1.67. The maximum atomic E-state index is 11.8. The van der Waals surface area contributed by atoms with Crippen LogP contribution >= 0.6 is 0 Å². The van der Waals surface area contributed by atoms with Crippen LogP contribution in [0.4, 0.5) is 13.2 Å². The van der Waals surface area contributed by atoms with E-state index in [0.717, 1.165) is 14.1 Å². The Bertz CT molecular complexity index is 71.7. The minimum Gasteiger partial charge on any atom is -0.248 e. The molecule has 8 heavy (non-hydrogen) atoms. The molecule has 0 saturated heterocycles. The molecule has 0 unspecified atom stereocenters. The van der Waals surface area contributed by atoms with Crippen LogP contribution in [-0.4, -0.2) is 31.7 Å². The van der Waals surface area contributed by atoms with Crippen LogP contribution in [0.15, 0.2) is 0 Å². The third kappa shape index (κ3) is 1.69. The fraction of sp³-hybridized carbons (Fsp3) is 1.00. The molecule has 0 aromatic carbocycles. The van der Waals surface area contributed by atoms with Crippen molar-refractivity contribution in [1.29, 1.82) is 0 Å². The summed E-state index contributed by atoms with van der Waals surface area (Å²) in [4.78, 5) is 0.535. The standard InChI is InChI=1S/C4H8F3N/c1-8(2)4(6,7)3-5/h3H2,1-2H3. The van der Waals surface area contributed by atoms with Crippen LogP contribution in [0.25, 0.3) is 0 Å². The molecule has 0 N–H and O–H groups in total. The maximum absolute atomic E-state index is 11.8. The summed E-state index contributed by atoms with van der Waals surface area (Å²) in [5, 5.41) is 0. The van der Waals surface area contributed by atoms with E-state index in [4.69, 9.17) is 0 Å². The van der Waals surface area contributed by atoms with Crippen molar-refractivity contribution in [3.05, 3.63) is 0 Å². The van der Waals surface area contributed by atoms with Crippen molar-refractivity contribution in [3.63, 3.8) is 0 Å². The van der Waals surface area contributed by atoms with Gasteiger partial charge < -0.3 is 0 Å². The fourth-order valence-electron chi connectivity index (χ4n) is 0.120. The van der Waals surface area contributed by atoms with Gasteiger partial charge in [-0.25, -0.2) is 9.29 Å². The Morgan fingerprint density at radius 1 is 1.38 bits per heavy atom. The molecule has 0 atom stereocenters. The lowest BCUT2D eigenvalue weighted by Crippen LogP contribution is -2.37. The van der Waals surface area contributed by atoms with E-state index < -0.39 is 12.7 Å². The van der Waals surface area contributed by atoms with E-state index >= 15 is 0 Å². The summed E-state index contributed by atoms with van der Waals surface area (Å²) in [6.45, 7) is -1.62. The molecule has 0 bridgehead atoms. The zero-order valence-corrected chi connectivity index (χ0v) is 4.79. The molecule has 0 radical (unpaired) electrons. The van der Waals surface area contributed by atoms with Crippen molar-refractivity contribution < 1.29 is 13.2 Å². The Morgan fingerprint density at radius 3 is 1.75 bits per heavy atom. The molecule has 4 heteroatoms. The normalized spacial score (nSPS) is 12.8.